The van der Waals surface area contributed by atoms with E-state index >= 15 is 0 Å². The van der Waals surface area contributed by atoms with Crippen molar-refractivity contribution in [3.63, 3.8) is 0 Å². The highest BCUT2D eigenvalue weighted by atomic mass is 32.2. The number of aryl methyl sites for hydroxylation is 2. The lowest BCUT2D eigenvalue weighted by Crippen LogP contribution is -2.23. The minimum absolute atomic E-state index is 0.121. The summed E-state index contributed by atoms with van der Waals surface area (Å²) in [6, 6.07) is 0. The van der Waals surface area contributed by atoms with Crippen molar-refractivity contribution in [2.75, 3.05) is 5.32 Å². The molecule has 1 atom stereocenters. The normalized spacial score (nSPS) is 13.2. The molecular formula is C15H23N5O2S. The number of thioether (sulfide) groups is 1. The summed E-state index contributed by atoms with van der Waals surface area (Å²) >= 11 is 1.25. The van der Waals surface area contributed by atoms with Gasteiger partial charge in [-0.25, -0.2) is 0 Å². The van der Waals surface area contributed by atoms with E-state index in [0.717, 1.165) is 17.1 Å². The molecule has 126 valence electrons. The lowest BCUT2D eigenvalue weighted by atomic mass is 9.97. The highest BCUT2D eigenvalue weighted by Gasteiger charge is 2.24. The SMILES string of the molecule is Cc1nn(C)c(C)c1NC(=O)C(C)Sc1nnc(C(C)(C)C)o1. The molecule has 1 amide bonds. The average molecular weight is 337 g/mol. The zero-order valence-corrected chi connectivity index (χ0v) is 15.4. The summed E-state index contributed by atoms with van der Waals surface area (Å²) in [7, 11) is 1.85. The molecule has 23 heavy (non-hydrogen) atoms. The van der Waals surface area contributed by atoms with Crippen LogP contribution < -0.4 is 5.32 Å². The topological polar surface area (TPSA) is 85.8 Å². The van der Waals surface area contributed by atoms with E-state index in [1.54, 1.807) is 4.68 Å². The molecule has 1 N–H and O–H groups in total. The minimum Gasteiger partial charge on any atom is -0.415 e. The van der Waals surface area contributed by atoms with E-state index in [2.05, 4.69) is 20.6 Å². The van der Waals surface area contributed by atoms with E-state index in [1.165, 1.54) is 11.8 Å². The van der Waals surface area contributed by atoms with E-state index in [9.17, 15) is 4.79 Å². The van der Waals surface area contributed by atoms with Gasteiger partial charge < -0.3 is 9.73 Å². The minimum atomic E-state index is -0.359. The Morgan fingerprint density at radius 2 is 1.96 bits per heavy atom. The fourth-order valence-corrected chi connectivity index (χ4v) is 2.63. The largest absolute Gasteiger partial charge is 0.415 e. The summed E-state index contributed by atoms with van der Waals surface area (Å²) in [5.74, 6) is 0.441. The van der Waals surface area contributed by atoms with E-state index in [4.69, 9.17) is 4.42 Å². The van der Waals surface area contributed by atoms with Crippen LogP contribution in [0.3, 0.4) is 0 Å². The molecule has 0 aliphatic heterocycles. The molecule has 0 saturated carbocycles. The number of aromatic nitrogens is 4. The Morgan fingerprint density at radius 3 is 2.43 bits per heavy atom. The van der Waals surface area contributed by atoms with Gasteiger partial charge in [0.25, 0.3) is 5.22 Å². The molecule has 0 aromatic carbocycles. The third-order valence-corrected chi connectivity index (χ3v) is 4.39. The van der Waals surface area contributed by atoms with Gasteiger partial charge in [-0.1, -0.05) is 32.5 Å². The molecule has 2 heterocycles. The van der Waals surface area contributed by atoms with Crippen molar-refractivity contribution in [3.05, 3.63) is 17.3 Å². The van der Waals surface area contributed by atoms with Gasteiger partial charge in [-0.3, -0.25) is 9.48 Å². The zero-order chi connectivity index (χ0) is 17.4. The zero-order valence-electron chi connectivity index (χ0n) is 14.6. The number of nitrogens with one attached hydrogen (secondary N) is 1. The molecule has 2 rings (SSSR count). The average Bonchev–Trinajstić information content (AvgIpc) is 2.99. The van der Waals surface area contributed by atoms with Crippen LogP contribution in [0.25, 0.3) is 0 Å². The molecule has 0 bridgehead atoms. The number of carbonyl (C=O) groups is 1. The van der Waals surface area contributed by atoms with Crippen LogP contribution in [-0.4, -0.2) is 31.1 Å². The first-order valence-electron chi connectivity index (χ1n) is 7.41. The van der Waals surface area contributed by atoms with Crippen LogP contribution in [0.1, 0.15) is 45.0 Å². The van der Waals surface area contributed by atoms with Crippen LogP contribution in [0.4, 0.5) is 5.69 Å². The Kier molecular flexibility index (Phi) is 4.84. The molecule has 1 unspecified atom stereocenters. The first-order valence-corrected chi connectivity index (χ1v) is 8.29. The second-order valence-electron chi connectivity index (χ2n) is 6.54. The maximum absolute atomic E-state index is 12.4. The molecule has 0 aliphatic carbocycles. The van der Waals surface area contributed by atoms with Crippen LogP contribution in [0.15, 0.2) is 9.64 Å². The first-order chi connectivity index (χ1) is 10.6. The van der Waals surface area contributed by atoms with Gasteiger partial charge in [-0.15, -0.1) is 10.2 Å². The van der Waals surface area contributed by atoms with Crippen molar-refractivity contribution in [1.29, 1.82) is 0 Å². The predicted molar refractivity (Wildman–Crippen MR) is 89.6 cm³/mol. The fourth-order valence-electron chi connectivity index (χ4n) is 1.94. The number of anilines is 1. The Labute approximate surface area is 140 Å². The van der Waals surface area contributed by atoms with E-state index in [0.29, 0.717) is 11.1 Å². The fraction of sp³-hybridized carbons (Fsp3) is 0.600. The van der Waals surface area contributed by atoms with Gasteiger partial charge in [-0.2, -0.15) is 5.10 Å². The second kappa shape index (κ2) is 6.35. The quantitative estimate of drug-likeness (QED) is 0.863. The number of hydrogen-bond donors (Lipinski definition) is 1. The maximum Gasteiger partial charge on any atom is 0.277 e. The highest BCUT2D eigenvalue weighted by Crippen LogP contribution is 2.28. The molecule has 0 radical (unpaired) electrons. The van der Waals surface area contributed by atoms with Crippen LogP contribution >= 0.6 is 11.8 Å². The third-order valence-electron chi connectivity index (χ3n) is 3.45. The predicted octanol–water partition coefficient (Wildman–Crippen LogP) is 2.84. The first kappa shape index (κ1) is 17.5. The summed E-state index contributed by atoms with van der Waals surface area (Å²) in [6.07, 6.45) is 0. The highest BCUT2D eigenvalue weighted by molar-refractivity contribution is 8.00. The third kappa shape index (κ3) is 3.93. The van der Waals surface area contributed by atoms with Crippen LogP contribution in [0.5, 0.6) is 0 Å². The monoisotopic (exact) mass is 337 g/mol. The number of carbonyl (C=O) groups excluding carboxylic acids is 1. The molecule has 7 nitrogen and oxygen atoms in total. The molecule has 0 saturated heterocycles. The summed E-state index contributed by atoms with van der Waals surface area (Å²) in [6.45, 7) is 11.6. The second-order valence-corrected chi connectivity index (χ2v) is 7.83. The van der Waals surface area contributed by atoms with E-state index < -0.39 is 0 Å². The summed E-state index contributed by atoms with van der Waals surface area (Å²) in [4.78, 5) is 12.4. The standard InChI is InChI=1S/C15H23N5O2S/c1-8-11(9(2)20(7)19-8)16-12(21)10(3)23-14-18-17-13(22-14)15(4,5)6/h10H,1-7H3,(H,16,21). The van der Waals surface area contributed by atoms with Crippen LogP contribution in [0, 0.1) is 13.8 Å². The summed E-state index contributed by atoms with van der Waals surface area (Å²) < 4.78 is 7.36. The van der Waals surface area contributed by atoms with Gasteiger partial charge >= 0.3 is 0 Å². The molecule has 0 spiro atoms. The van der Waals surface area contributed by atoms with Gasteiger partial charge in [0.05, 0.1) is 22.3 Å². The van der Waals surface area contributed by atoms with E-state index in [1.807, 2.05) is 48.6 Å². The van der Waals surface area contributed by atoms with Crippen molar-refractivity contribution < 1.29 is 9.21 Å². The lowest BCUT2D eigenvalue weighted by molar-refractivity contribution is -0.115. The Morgan fingerprint density at radius 1 is 1.30 bits per heavy atom. The number of amides is 1. The van der Waals surface area contributed by atoms with Crippen molar-refractivity contribution in [3.8, 4) is 0 Å². The van der Waals surface area contributed by atoms with Gasteiger partial charge in [-0.05, 0) is 20.8 Å². The van der Waals surface area contributed by atoms with Crippen LogP contribution in [0.2, 0.25) is 0 Å². The van der Waals surface area contributed by atoms with Crippen molar-refractivity contribution >= 4 is 23.4 Å². The smallest absolute Gasteiger partial charge is 0.277 e. The molecule has 8 heteroatoms. The van der Waals surface area contributed by atoms with Crippen LogP contribution in [-0.2, 0) is 17.3 Å². The molecule has 2 aromatic rings. The molecule has 0 fully saturated rings. The lowest BCUT2D eigenvalue weighted by Gasteiger charge is -2.12. The molecular weight excluding hydrogens is 314 g/mol. The van der Waals surface area contributed by atoms with Crippen molar-refractivity contribution in [2.45, 2.75) is 57.4 Å². The van der Waals surface area contributed by atoms with Gasteiger partial charge in [0.1, 0.15) is 0 Å². The number of rotatable bonds is 4. The Balaban J connectivity index is 2.04. The molecule has 2 aromatic heterocycles. The van der Waals surface area contributed by atoms with Gasteiger partial charge in [0.2, 0.25) is 11.8 Å². The van der Waals surface area contributed by atoms with E-state index in [-0.39, 0.29) is 16.6 Å². The Hall–Kier alpha value is -1.83. The Bertz CT molecular complexity index is 714. The van der Waals surface area contributed by atoms with Gasteiger partial charge in [0.15, 0.2) is 0 Å². The maximum atomic E-state index is 12.4. The summed E-state index contributed by atoms with van der Waals surface area (Å²) in [5, 5.41) is 15.3. The summed E-state index contributed by atoms with van der Waals surface area (Å²) in [5.41, 5.74) is 2.26. The van der Waals surface area contributed by atoms with Crippen molar-refractivity contribution in [2.24, 2.45) is 7.05 Å². The number of nitrogens with zero attached hydrogens (tertiary/aromatic N) is 4. The molecule has 0 aliphatic rings. The van der Waals surface area contributed by atoms with Gasteiger partial charge in [0, 0.05) is 12.5 Å². The van der Waals surface area contributed by atoms with Crippen molar-refractivity contribution in [1.82, 2.24) is 20.0 Å². The number of hydrogen-bond acceptors (Lipinski definition) is 6.